The van der Waals surface area contributed by atoms with Crippen LogP contribution in [0.5, 0.6) is 5.75 Å². The van der Waals surface area contributed by atoms with Crippen LogP contribution in [0.3, 0.4) is 0 Å². The molecule has 1 aromatic carbocycles. The Labute approximate surface area is 187 Å². The van der Waals surface area contributed by atoms with Crippen LogP contribution in [-0.2, 0) is 4.79 Å². The van der Waals surface area contributed by atoms with E-state index in [9.17, 15) is 14.7 Å². The molecule has 0 radical (unpaired) electrons. The van der Waals surface area contributed by atoms with Crippen LogP contribution in [0.2, 0.25) is 0 Å². The standard InChI is InChI=1S/C25H31NO4S/c1-25(2)16-11-15(7-5-3-4-6-8-22(28)29)23(20(25)12-16)26-24(30)19-14-31-21-13-17(27)9-10-18(19)21/h3,5,9-10,13-16,20,23,27H,4,6-8,11-12H2,1-2H3,(H,26,30)(H,28,29)/b5-3+/t15-,16-,20-,23+/m0/s1. The number of allylic oxidation sites excluding steroid dienone is 2. The molecule has 2 aromatic rings. The first-order valence-electron chi connectivity index (χ1n) is 11.1. The van der Waals surface area contributed by atoms with Gasteiger partial charge in [-0.3, -0.25) is 9.59 Å². The van der Waals surface area contributed by atoms with Crippen molar-refractivity contribution in [2.75, 3.05) is 0 Å². The predicted octanol–water partition coefficient (Wildman–Crippen LogP) is 5.59. The molecule has 0 saturated heterocycles. The Bertz CT molecular complexity index is 1010. The molecule has 31 heavy (non-hydrogen) atoms. The van der Waals surface area contributed by atoms with E-state index in [1.807, 2.05) is 11.4 Å². The maximum Gasteiger partial charge on any atom is 0.303 e. The Morgan fingerprint density at radius 2 is 2.06 bits per heavy atom. The summed E-state index contributed by atoms with van der Waals surface area (Å²) < 4.78 is 0.915. The molecule has 3 fully saturated rings. The highest BCUT2D eigenvalue weighted by Gasteiger charge is 2.57. The van der Waals surface area contributed by atoms with Crippen molar-refractivity contribution < 1.29 is 19.8 Å². The van der Waals surface area contributed by atoms with Gasteiger partial charge in [-0.25, -0.2) is 0 Å². The number of fused-ring (bicyclic) bond motifs is 3. The van der Waals surface area contributed by atoms with Gasteiger partial charge in [-0.15, -0.1) is 11.3 Å². The summed E-state index contributed by atoms with van der Waals surface area (Å²) in [6, 6.07) is 5.29. The number of carbonyl (C=O) groups is 2. The van der Waals surface area contributed by atoms with Crippen LogP contribution in [0.25, 0.3) is 10.1 Å². The van der Waals surface area contributed by atoms with Crippen molar-refractivity contribution in [3.8, 4) is 5.75 Å². The third kappa shape index (κ3) is 4.36. The molecule has 0 spiro atoms. The molecule has 4 atom stereocenters. The molecule has 0 unspecified atom stereocenters. The number of aliphatic carboxylic acids is 1. The average molecular weight is 442 g/mol. The zero-order chi connectivity index (χ0) is 22.2. The fraction of sp³-hybridized carbons (Fsp3) is 0.520. The van der Waals surface area contributed by atoms with Crippen LogP contribution in [0.4, 0.5) is 0 Å². The molecule has 1 aromatic heterocycles. The number of hydrogen-bond donors (Lipinski definition) is 3. The highest BCUT2D eigenvalue weighted by molar-refractivity contribution is 7.17. The van der Waals surface area contributed by atoms with Gasteiger partial charge in [0.2, 0.25) is 0 Å². The van der Waals surface area contributed by atoms with E-state index in [1.165, 1.54) is 17.8 Å². The summed E-state index contributed by atoms with van der Waals surface area (Å²) in [5.74, 6) is 1.03. The Hall–Kier alpha value is -2.34. The molecule has 2 bridgehead atoms. The second kappa shape index (κ2) is 8.65. The fourth-order valence-electron chi connectivity index (χ4n) is 5.55. The number of nitrogens with one attached hydrogen (secondary N) is 1. The van der Waals surface area contributed by atoms with Crippen LogP contribution in [0.15, 0.2) is 35.7 Å². The van der Waals surface area contributed by atoms with Crippen LogP contribution < -0.4 is 5.32 Å². The number of rotatable bonds is 8. The van der Waals surface area contributed by atoms with Crippen LogP contribution in [0, 0.1) is 23.2 Å². The van der Waals surface area contributed by atoms with E-state index < -0.39 is 5.97 Å². The van der Waals surface area contributed by atoms with Gasteiger partial charge >= 0.3 is 5.97 Å². The van der Waals surface area contributed by atoms with Gasteiger partial charge in [0, 0.05) is 27.9 Å². The van der Waals surface area contributed by atoms with Gasteiger partial charge in [-0.2, -0.15) is 0 Å². The number of carboxylic acid groups (broad SMARTS) is 1. The number of carbonyl (C=O) groups excluding carboxylic acids is 1. The van der Waals surface area contributed by atoms with E-state index in [1.54, 1.807) is 12.1 Å². The molecule has 3 aliphatic carbocycles. The number of phenols is 1. The first kappa shape index (κ1) is 21.9. The summed E-state index contributed by atoms with van der Waals surface area (Å²) in [4.78, 5) is 23.9. The van der Waals surface area contributed by atoms with Gasteiger partial charge in [0.05, 0.1) is 5.56 Å². The minimum Gasteiger partial charge on any atom is -0.508 e. The van der Waals surface area contributed by atoms with Crippen molar-refractivity contribution >= 4 is 33.3 Å². The molecule has 0 aliphatic heterocycles. The monoisotopic (exact) mass is 441 g/mol. The lowest BCUT2D eigenvalue weighted by Gasteiger charge is -2.62. The molecule has 6 heteroatoms. The van der Waals surface area contributed by atoms with E-state index >= 15 is 0 Å². The number of unbranched alkanes of at least 4 members (excludes halogenated alkanes) is 1. The van der Waals surface area contributed by atoms with Crippen molar-refractivity contribution in [2.45, 2.75) is 58.4 Å². The Morgan fingerprint density at radius 3 is 2.81 bits per heavy atom. The lowest BCUT2D eigenvalue weighted by atomic mass is 9.44. The number of phenolic OH excluding ortho intramolecular Hbond substituents is 1. The quantitative estimate of drug-likeness (QED) is 0.368. The van der Waals surface area contributed by atoms with Crippen molar-refractivity contribution in [2.24, 2.45) is 23.2 Å². The first-order valence-corrected chi connectivity index (χ1v) is 12.0. The van der Waals surface area contributed by atoms with E-state index in [2.05, 4.69) is 31.3 Å². The number of hydrogen-bond acceptors (Lipinski definition) is 4. The van der Waals surface area contributed by atoms with E-state index in [-0.39, 0.29) is 29.5 Å². The summed E-state index contributed by atoms with van der Waals surface area (Å²) >= 11 is 1.48. The smallest absolute Gasteiger partial charge is 0.303 e. The van der Waals surface area contributed by atoms with Gasteiger partial charge in [-0.1, -0.05) is 26.0 Å². The van der Waals surface area contributed by atoms with E-state index in [0.717, 1.165) is 29.3 Å². The average Bonchev–Trinajstić information content (AvgIpc) is 3.13. The molecular formula is C25H31NO4S. The second-order valence-electron chi connectivity index (χ2n) is 9.68. The molecule has 166 valence electrons. The minimum atomic E-state index is -0.748. The normalized spacial score (nSPS) is 26.6. The maximum atomic E-state index is 13.2. The number of amides is 1. The number of thiophene rings is 1. The zero-order valence-electron chi connectivity index (χ0n) is 18.1. The fourth-order valence-corrected chi connectivity index (χ4v) is 6.52. The molecule has 1 heterocycles. The van der Waals surface area contributed by atoms with Crippen LogP contribution in [-0.4, -0.2) is 28.1 Å². The number of aromatic hydroxyl groups is 1. The Kier molecular flexibility index (Phi) is 6.11. The zero-order valence-corrected chi connectivity index (χ0v) is 19.0. The molecule has 3 aliphatic rings. The molecular weight excluding hydrogens is 410 g/mol. The largest absolute Gasteiger partial charge is 0.508 e. The highest BCUT2D eigenvalue weighted by Crippen LogP contribution is 2.61. The summed E-state index contributed by atoms with van der Waals surface area (Å²) in [6.45, 7) is 4.65. The first-order chi connectivity index (χ1) is 14.8. The number of carboxylic acids is 1. The van der Waals surface area contributed by atoms with E-state index in [0.29, 0.717) is 29.7 Å². The lowest BCUT2D eigenvalue weighted by molar-refractivity contribution is -0.137. The summed E-state index contributed by atoms with van der Waals surface area (Å²) in [7, 11) is 0. The van der Waals surface area contributed by atoms with Crippen molar-refractivity contribution in [1.82, 2.24) is 5.32 Å². The van der Waals surface area contributed by atoms with Crippen LogP contribution >= 0.6 is 11.3 Å². The minimum absolute atomic E-state index is 0.0291. The van der Waals surface area contributed by atoms with Crippen LogP contribution in [0.1, 0.15) is 62.7 Å². The van der Waals surface area contributed by atoms with Gasteiger partial charge in [-0.05, 0) is 73.5 Å². The molecule has 5 nitrogen and oxygen atoms in total. The van der Waals surface area contributed by atoms with Gasteiger partial charge < -0.3 is 15.5 Å². The van der Waals surface area contributed by atoms with E-state index in [4.69, 9.17) is 5.11 Å². The topological polar surface area (TPSA) is 86.6 Å². The summed E-state index contributed by atoms with van der Waals surface area (Å²) in [6.07, 6.45) is 9.12. The lowest BCUT2D eigenvalue weighted by Crippen LogP contribution is -2.63. The molecule has 3 saturated carbocycles. The molecule has 3 N–H and O–H groups in total. The Morgan fingerprint density at radius 1 is 1.26 bits per heavy atom. The summed E-state index contributed by atoms with van der Waals surface area (Å²) in [5.41, 5.74) is 0.935. The van der Waals surface area contributed by atoms with Crippen molar-refractivity contribution in [3.63, 3.8) is 0 Å². The number of benzene rings is 1. The third-order valence-corrected chi connectivity index (χ3v) is 8.49. The van der Waals surface area contributed by atoms with Gasteiger partial charge in [0.15, 0.2) is 0 Å². The van der Waals surface area contributed by atoms with Gasteiger partial charge in [0.25, 0.3) is 5.91 Å². The van der Waals surface area contributed by atoms with Gasteiger partial charge in [0.1, 0.15) is 5.75 Å². The summed E-state index contributed by atoms with van der Waals surface area (Å²) in [5, 5.41) is 24.6. The highest BCUT2D eigenvalue weighted by atomic mass is 32.1. The second-order valence-corrected chi connectivity index (χ2v) is 10.6. The van der Waals surface area contributed by atoms with Crippen molar-refractivity contribution in [1.29, 1.82) is 0 Å². The predicted molar refractivity (Wildman–Crippen MR) is 123 cm³/mol. The third-order valence-electron chi connectivity index (χ3n) is 7.54. The van der Waals surface area contributed by atoms with Crippen molar-refractivity contribution in [3.05, 3.63) is 41.3 Å². The molecule has 5 rings (SSSR count). The maximum absolute atomic E-state index is 13.2. The Balaban J connectivity index is 1.45. The molecule has 1 amide bonds. The SMILES string of the molecule is CC1(C)[C@H]2C[C@H](C/C=C/CCCC(=O)O)[C@@H](NC(=O)c3csc4cc(O)ccc34)[C@@H]1C2.